The number of benzene rings is 1. The molecule has 1 aromatic carbocycles. The molecular formula is C23H26N4O5S2. The van der Waals surface area contributed by atoms with E-state index < -0.39 is 10.0 Å². The van der Waals surface area contributed by atoms with Gasteiger partial charge < -0.3 is 15.2 Å². The van der Waals surface area contributed by atoms with E-state index in [0.29, 0.717) is 47.6 Å². The molecule has 9 nitrogen and oxygen atoms in total. The Kier molecular flexibility index (Phi) is 7.15. The van der Waals surface area contributed by atoms with E-state index >= 15 is 0 Å². The standard InChI is InChI=1S/C23H26N4O5S2/c1-14-20(34(30,31)27-18-4-3-5-19(28)12-18)11-17(13-24-14)22-15(2)25-23(33-22)26-21(29)10-16-6-8-32-9-7-16/h3-5,11-13,16,27-28H,6-10H2,1-2H3,(H,25,26,29). The van der Waals surface area contributed by atoms with Gasteiger partial charge in [-0.3, -0.25) is 14.5 Å². The van der Waals surface area contributed by atoms with Gasteiger partial charge >= 0.3 is 0 Å². The van der Waals surface area contributed by atoms with E-state index in [0.717, 1.165) is 17.7 Å². The van der Waals surface area contributed by atoms with E-state index in [1.165, 1.54) is 23.5 Å². The Labute approximate surface area is 202 Å². The lowest BCUT2D eigenvalue weighted by Gasteiger charge is -2.20. The van der Waals surface area contributed by atoms with Crippen molar-refractivity contribution in [1.29, 1.82) is 0 Å². The van der Waals surface area contributed by atoms with Gasteiger partial charge in [0.1, 0.15) is 10.6 Å². The minimum Gasteiger partial charge on any atom is -0.508 e. The first-order chi connectivity index (χ1) is 16.2. The summed E-state index contributed by atoms with van der Waals surface area (Å²) in [4.78, 5) is 21.9. The number of sulfonamides is 1. The molecule has 3 heterocycles. The predicted molar refractivity (Wildman–Crippen MR) is 131 cm³/mol. The van der Waals surface area contributed by atoms with Gasteiger partial charge in [0.15, 0.2) is 5.13 Å². The molecule has 180 valence electrons. The van der Waals surface area contributed by atoms with E-state index in [-0.39, 0.29) is 22.2 Å². The summed E-state index contributed by atoms with van der Waals surface area (Å²) < 4.78 is 33.9. The third kappa shape index (κ3) is 5.72. The van der Waals surface area contributed by atoms with Crippen LogP contribution in [0.1, 0.15) is 30.7 Å². The van der Waals surface area contributed by atoms with Crippen molar-refractivity contribution in [2.75, 3.05) is 23.3 Å². The fourth-order valence-electron chi connectivity index (χ4n) is 3.79. The summed E-state index contributed by atoms with van der Waals surface area (Å²) in [6.45, 7) is 4.79. The van der Waals surface area contributed by atoms with E-state index in [9.17, 15) is 18.3 Å². The number of nitrogens with one attached hydrogen (secondary N) is 2. The fourth-order valence-corrected chi connectivity index (χ4v) is 6.02. The van der Waals surface area contributed by atoms with Crippen molar-refractivity contribution in [3.8, 4) is 16.2 Å². The zero-order chi connectivity index (χ0) is 24.3. The minimum absolute atomic E-state index is 0.0197. The molecule has 0 bridgehead atoms. The van der Waals surface area contributed by atoms with Crippen LogP contribution in [0.4, 0.5) is 10.8 Å². The van der Waals surface area contributed by atoms with Crippen LogP contribution in [-0.4, -0.2) is 42.6 Å². The quantitative estimate of drug-likeness (QED) is 0.444. The maximum atomic E-state index is 13.0. The van der Waals surface area contributed by atoms with Gasteiger partial charge in [0.25, 0.3) is 10.0 Å². The van der Waals surface area contributed by atoms with Crippen LogP contribution in [0.5, 0.6) is 5.75 Å². The summed E-state index contributed by atoms with van der Waals surface area (Å²) in [5.41, 5.74) is 1.83. The SMILES string of the molecule is Cc1ncc(-c2sc(NC(=O)CC3CCOCC3)nc2C)cc1S(=O)(=O)Nc1cccc(O)c1. The molecule has 4 rings (SSSR count). The molecule has 2 aromatic heterocycles. The first kappa shape index (κ1) is 24.1. The number of carbonyl (C=O) groups is 1. The number of carbonyl (C=O) groups excluding carboxylic acids is 1. The van der Waals surface area contributed by atoms with Gasteiger partial charge in [-0.25, -0.2) is 13.4 Å². The molecule has 1 saturated heterocycles. The number of hydrogen-bond acceptors (Lipinski definition) is 8. The molecule has 11 heteroatoms. The number of nitrogens with zero attached hydrogens (tertiary/aromatic N) is 2. The Morgan fingerprint density at radius 2 is 1.97 bits per heavy atom. The van der Waals surface area contributed by atoms with E-state index in [1.807, 2.05) is 0 Å². The molecule has 1 amide bonds. The maximum Gasteiger partial charge on any atom is 0.263 e. The zero-order valence-corrected chi connectivity index (χ0v) is 20.5. The first-order valence-electron chi connectivity index (χ1n) is 10.8. The monoisotopic (exact) mass is 502 g/mol. The van der Waals surface area contributed by atoms with Gasteiger partial charge in [0.2, 0.25) is 5.91 Å². The highest BCUT2D eigenvalue weighted by molar-refractivity contribution is 7.92. The highest BCUT2D eigenvalue weighted by Crippen LogP contribution is 2.34. The molecule has 0 spiro atoms. The number of aryl methyl sites for hydroxylation is 2. The fraction of sp³-hybridized carbons (Fsp3) is 0.348. The molecule has 0 saturated carbocycles. The van der Waals surface area contributed by atoms with Gasteiger partial charge in [0.05, 0.1) is 22.0 Å². The van der Waals surface area contributed by atoms with Crippen LogP contribution in [0.25, 0.3) is 10.4 Å². The third-order valence-corrected chi connectivity index (χ3v) is 8.17. The second kappa shape index (κ2) is 10.1. The number of phenols is 1. The van der Waals surface area contributed by atoms with Crippen molar-refractivity contribution >= 4 is 38.1 Å². The average Bonchev–Trinajstić information content (AvgIpc) is 3.14. The Morgan fingerprint density at radius 3 is 2.71 bits per heavy atom. The van der Waals surface area contributed by atoms with Crippen molar-refractivity contribution in [3.05, 3.63) is 47.9 Å². The Bertz CT molecular complexity index is 1300. The van der Waals surface area contributed by atoms with Gasteiger partial charge in [-0.1, -0.05) is 17.4 Å². The number of hydrogen-bond donors (Lipinski definition) is 3. The summed E-state index contributed by atoms with van der Waals surface area (Å²) in [5.74, 6) is 0.172. The summed E-state index contributed by atoms with van der Waals surface area (Å²) in [6, 6.07) is 7.42. The molecule has 0 atom stereocenters. The Balaban J connectivity index is 1.54. The summed E-state index contributed by atoms with van der Waals surface area (Å²) in [7, 11) is -3.95. The van der Waals surface area contributed by atoms with Crippen LogP contribution in [0, 0.1) is 19.8 Å². The number of aromatic nitrogens is 2. The summed E-state index contributed by atoms with van der Waals surface area (Å²) in [5, 5.41) is 13.0. The molecule has 1 aliphatic heterocycles. The lowest BCUT2D eigenvalue weighted by molar-refractivity contribution is -0.117. The highest BCUT2D eigenvalue weighted by atomic mass is 32.2. The van der Waals surface area contributed by atoms with Gasteiger partial charge in [-0.05, 0) is 50.8 Å². The van der Waals surface area contributed by atoms with Crippen LogP contribution < -0.4 is 10.0 Å². The van der Waals surface area contributed by atoms with Crippen molar-refractivity contribution in [2.24, 2.45) is 5.92 Å². The van der Waals surface area contributed by atoms with Crippen LogP contribution in [0.3, 0.4) is 0 Å². The second-order valence-corrected chi connectivity index (χ2v) is 10.9. The van der Waals surface area contributed by atoms with E-state index in [4.69, 9.17) is 4.74 Å². The van der Waals surface area contributed by atoms with Crippen molar-refractivity contribution < 1.29 is 23.1 Å². The number of amides is 1. The number of thiazole rings is 1. The first-order valence-corrected chi connectivity index (χ1v) is 13.1. The largest absolute Gasteiger partial charge is 0.508 e. The number of pyridine rings is 1. The van der Waals surface area contributed by atoms with E-state index in [2.05, 4.69) is 20.0 Å². The lowest BCUT2D eigenvalue weighted by atomic mass is 9.96. The van der Waals surface area contributed by atoms with Crippen molar-refractivity contribution in [1.82, 2.24) is 9.97 Å². The average molecular weight is 503 g/mol. The topological polar surface area (TPSA) is 131 Å². The Hall–Kier alpha value is -3.02. The summed E-state index contributed by atoms with van der Waals surface area (Å²) >= 11 is 1.28. The van der Waals surface area contributed by atoms with Gasteiger partial charge in [-0.2, -0.15) is 0 Å². The molecule has 3 aromatic rings. The smallest absolute Gasteiger partial charge is 0.263 e. The van der Waals surface area contributed by atoms with Gasteiger partial charge in [0, 0.05) is 37.5 Å². The van der Waals surface area contributed by atoms with E-state index in [1.54, 1.807) is 38.2 Å². The number of rotatable bonds is 7. The number of aromatic hydroxyl groups is 1. The highest BCUT2D eigenvalue weighted by Gasteiger charge is 2.22. The number of phenolic OH excluding ortho intramolecular Hbond substituents is 1. The lowest BCUT2D eigenvalue weighted by Crippen LogP contribution is -2.22. The molecule has 0 aliphatic carbocycles. The maximum absolute atomic E-state index is 13.0. The molecule has 34 heavy (non-hydrogen) atoms. The number of ether oxygens (including phenoxy) is 1. The predicted octanol–water partition coefficient (Wildman–Crippen LogP) is 4.08. The zero-order valence-electron chi connectivity index (χ0n) is 18.9. The third-order valence-electron chi connectivity index (χ3n) is 5.55. The molecule has 1 aliphatic rings. The molecular weight excluding hydrogens is 476 g/mol. The van der Waals surface area contributed by atoms with Crippen LogP contribution in [-0.2, 0) is 19.6 Å². The number of anilines is 2. The van der Waals surface area contributed by atoms with Crippen LogP contribution in [0.2, 0.25) is 0 Å². The molecule has 0 radical (unpaired) electrons. The summed E-state index contributed by atoms with van der Waals surface area (Å²) in [6.07, 6.45) is 3.76. The second-order valence-electron chi connectivity index (χ2n) is 8.20. The van der Waals surface area contributed by atoms with Crippen LogP contribution >= 0.6 is 11.3 Å². The minimum atomic E-state index is -3.95. The molecule has 1 fully saturated rings. The normalized spacial score (nSPS) is 14.6. The molecule has 0 unspecified atom stereocenters. The molecule has 3 N–H and O–H groups in total. The van der Waals surface area contributed by atoms with Crippen LogP contribution in [0.15, 0.2) is 41.4 Å². The van der Waals surface area contributed by atoms with Crippen molar-refractivity contribution in [3.63, 3.8) is 0 Å². The van der Waals surface area contributed by atoms with Gasteiger partial charge in [-0.15, -0.1) is 0 Å². The van der Waals surface area contributed by atoms with Crippen molar-refractivity contribution in [2.45, 2.75) is 38.0 Å². The Morgan fingerprint density at radius 1 is 1.21 bits per heavy atom.